The number of thioether (sulfide) groups is 1. The molecule has 2 aromatic carbocycles. The highest BCUT2D eigenvalue weighted by Gasteiger charge is 2.12. The highest BCUT2D eigenvalue weighted by Crippen LogP contribution is 2.28. The molecule has 1 heterocycles. The van der Waals surface area contributed by atoms with Crippen LogP contribution in [0.3, 0.4) is 0 Å². The molecule has 7 heteroatoms. The van der Waals surface area contributed by atoms with E-state index in [0.717, 1.165) is 27.3 Å². The first kappa shape index (κ1) is 17.6. The summed E-state index contributed by atoms with van der Waals surface area (Å²) in [4.78, 5) is 0. The molecule has 0 aliphatic carbocycles. The SMILES string of the molecule is COc1ccccc1OCc1nnc(SCc2ccccc2Cl)n1C. The molecule has 3 aromatic rings. The molecule has 0 saturated carbocycles. The third-order valence-electron chi connectivity index (χ3n) is 3.67. The van der Waals surface area contributed by atoms with E-state index in [2.05, 4.69) is 10.2 Å². The quantitative estimate of drug-likeness (QED) is 0.574. The van der Waals surface area contributed by atoms with Gasteiger partial charge in [-0.1, -0.05) is 53.7 Å². The van der Waals surface area contributed by atoms with Crippen LogP contribution in [0, 0.1) is 0 Å². The zero-order chi connectivity index (χ0) is 17.6. The Balaban J connectivity index is 1.64. The molecule has 0 unspecified atom stereocenters. The van der Waals surface area contributed by atoms with Gasteiger partial charge in [-0.25, -0.2) is 0 Å². The first-order chi connectivity index (χ1) is 12.2. The van der Waals surface area contributed by atoms with Crippen molar-refractivity contribution < 1.29 is 9.47 Å². The predicted molar refractivity (Wildman–Crippen MR) is 99.3 cm³/mol. The van der Waals surface area contributed by atoms with E-state index in [4.69, 9.17) is 21.1 Å². The van der Waals surface area contributed by atoms with Gasteiger partial charge in [0.25, 0.3) is 0 Å². The molecule has 130 valence electrons. The van der Waals surface area contributed by atoms with Crippen molar-refractivity contribution in [3.8, 4) is 11.5 Å². The average Bonchev–Trinajstić information content (AvgIpc) is 2.99. The number of hydrogen-bond donors (Lipinski definition) is 0. The van der Waals surface area contributed by atoms with Crippen molar-refractivity contribution in [2.45, 2.75) is 17.5 Å². The van der Waals surface area contributed by atoms with Gasteiger partial charge in [-0.3, -0.25) is 0 Å². The van der Waals surface area contributed by atoms with E-state index < -0.39 is 0 Å². The van der Waals surface area contributed by atoms with Crippen LogP contribution in [0.25, 0.3) is 0 Å². The first-order valence-corrected chi connectivity index (χ1v) is 9.05. The van der Waals surface area contributed by atoms with E-state index in [1.165, 1.54) is 0 Å². The van der Waals surface area contributed by atoms with Gasteiger partial charge in [-0.2, -0.15) is 0 Å². The maximum absolute atomic E-state index is 6.19. The van der Waals surface area contributed by atoms with Crippen LogP contribution in [-0.2, 0) is 19.4 Å². The molecule has 0 aliphatic heterocycles. The Morgan fingerprint density at radius 2 is 1.76 bits per heavy atom. The topological polar surface area (TPSA) is 49.2 Å². The Bertz CT molecular complexity index is 854. The molecule has 0 fully saturated rings. The molecule has 3 rings (SSSR count). The maximum atomic E-state index is 6.19. The zero-order valence-corrected chi connectivity index (χ0v) is 15.5. The number of para-hydroxylation sites is 2. The molecule has 0 amide bonds. The second kappa shape index (κ2) is 8.27. The average molecular weight is 376 g/mol. The third-order valence-corrected chi connectivity index (χ3v) is 5.10. The van der Waals surface area contributed by atoms with Gasteiger partial charge >= 0.3 is 0 Å². The lowest BCUT2D eigenvalue weighted by atomic mass is 10.2. The summed E-state index contributed by atoms with van der Waals surface area (Å²) < 4.78 is 13.0. The normalized spacial score (nSPS) is 10.7. The first-order valence-electron chi connectivity index (χ1n) is 7.69. The van der Waals surface area contributed by atoms with Crippen LogP contribution in [-0.4, -0.2) is 21.9 Å². The molecule has 0 saturated heterocycles. The molecule has 0 atom stereocenters. The Labute approximate surface area is 155 Å². The molecule has 25 heavy (non-hydrogen) atoms. The van der Waals surface area contributed by atoms with Gasteiger partial charge in [-0.15, -0.1) is 10.2 Å². The molecule has 0 aliphatic rings. The van der Waals surface area contributed by atoms with Gasteiger partial charge in [0.05, 0.1) is 7.11 Å². The van der Waals surface area contributed by atoms with Crippen molar-refractivity contribution in [1.29, 1.82) is 0 Å². The lowest BCUT2D eigenvalue weighted by Gasteiger charge is -2.10. The Morgan fingerprint density at radius 3 is 2.52 bits per heavy atom. The molecule has 0 N–H and O–H groups in total. The number of benzene rings is 2. The summed E-state index contributed by atoms with van der Waals surface area (Å²) >= 11 is 7.78. The number of hydrogen-bond acceptors (Lipinski definition) is 5. The van der Waals surface area contributed by atoms with Gasteiger partial charge < -0.3 is 14.0 Å². The van der Waals surface area contributed by atoms with E-state index >= 15 is 0 Å². The summed E-state index contributed by atoms with van der Waals surface area (Å²) in [5.74, 6) is 2.85. The third kappa shape index (κ3) is 4.27. The van der Waals surface area contributed by atoms with Crippen molar-refractivity contribution in [2.75, 3.05) is 7.11 Å². The van der Waals surface area contributed by atoms with E-state index in [1.54, 1.807) is 18.9 Å². The standard InChI is InChI=1S/C18H18ClN3O2S/c1-22-17(11-24-16-10-6-5-9-15(16)23-2)20-21-18(22)25-12-13-7-3-4-8-14(13)19/h3-10H,11-12H2,1-2H3. The predicted octanol–water partition coefficient (Wildman–Crippen LogP) is 4.35. The Morgan fingerprint density at radius 1 is 1.04 bits per heavy atom. The van der Waals surface area contributed by atoms with E-state index in [0.29, 0.717) is 18.1 Å². The molecule has 1 aromatic heterocycles. The van der Waals surface area contributed by atoms with Crippen molar-refractivity contribution in [2.24, 2.45) is 7.05 Å². The van der Waals surface area contributed by atoms with Gasteiger partial charge in [0.1, 0.15) is 6.61 Å². The molecule has 0 bridgehead atoms. The van der Waals surface area contributed by atoms with Gasteiger partial charge in [0, 0.05) is 17.8 Å². The summed E-state index contributed by atoms with van der Waals surface area (Å²) in [6, 6.07) is 15.3. The van der Waals surface area contributed by atoms with Gasteiger partial charge in [-0.05, 0) is 23.8 Å². The van der Waals surface area contributed by atoms with Crippen molar-refractivity contribution in [3.05, 3.63) is 64.9 Å². The number of rotatable bonds is 7. The lowest BCUT2D eigenvalue weighted by Crippen LogP contribution is -2.05. The number of methoxy groups -OCH3 is 1. The minimum Gasteiger partial charge on any atom is -0.493 e. The number of aromatic nitrogens is 3. The smallest absolute Gasteiger partial charge is 0.191 e. The van der Waals surface area contributed by atoms with Crippen LogP contribution in [0.5, 0.6) is 11.5 Å². The fourth-order valence-electron chi connectivity index (χ4n) is 2.23. The minimum atomic E-state index is 0.316. The van der Waals surface area contributed by atoms with Crippen LogP contribution < -0.4 is 9.47 Å². The Hall–Kier alpha value is -2.18. The summed E-state index contributed by atoms with van der Waals surface area (Å²) in [6.45, 7) is 0.316. The van der Waals surface area contributed by atoms with Crippen molar-refractivity contribution in [3.63, 3.8) is 0 Å². The van der Waals surface area contributed by atoms with Crippen molar-refractivity contribution in [1.82, 2.24) is 14.8 Å². The molecule has 0 spiro atoms. The number of halogens is 1. The van der Waals surface area contributed by atoms with E-state index in [9.17, 15) is 0 Å². The van der Waals surface area contributed by atoms with Crippen molar-refractivity contribution >= 4 is 23.4 Å². The largest absolute Gasteiger partial charge is 0.493 e. The highest BCUT2D eigenvalue weighted by atomic mass is 35.5. The highest BCUT2D eigenvalue weighted by molar-refractivity contribution is 7.98. The monoisotopic (exact) mass is 375 g/mol. The van der Waals surface area contributed by atoms with Crippen LogP contribution in [0.15, 0.2) is 53.7 Å². The molecular weight excluding hydrogens is 358 g/mol. The van der Waals surface area contributed by atoms with Crippen LogP contribution in [0.2, 0.25) is 5.02 Å². The van der Waals surface area contributed by atoms with Crippen LogP contribution in [0.1, 0.15) is 11.4 Å². The Kier molecular flexibility index (Phi) is 5.83. The maximum Gasteiger partial charge on any atom is 0.191 e. The molecule has 5 nitrogen and oxygen atoms in total. The summed E-state index contributed by atoms with van der Waals surface area (Å²) in [5, 5.41) is 10.0. The van der Waals surface area contributed by atoms with Crippen LogP contribution in [0.4, 0.5) is 0 Å². The lowest BCUT2D eigenvalue weighted by molar-refractivity contribution is 0.272. The summed E-state index contributed by atoms with van der Waals surface area (Å²) in [6.07, 6.45) is 0. The molecule has 0 radical (unpaired) electrons. The van der Waals surface area contributed by atoms with Gasteiger partial charge in [0.2, 0.25) is 0 Å². The van der Waals surface area contributed by atoms with Crippen LogP contribution >= 0.6 is 23.4 Å². The van der Waals surface area contributed by atoms with E-state index in [1.807, 2.05) is 60.1 Å². The zero-order valence-electron chi connectivity index (χ0n) is 14.0. The second-order valence-electron chi connectivity index (χ2n) is 5.28. The summed E-state index contributed by atoms with van der Waals surface area (Å²) in [7, 11) is 3.55. The van der Waals surface area contributed by atoms with E-state index in [-0.39, 0.29) is 0 Å². The molecular formula is C18H18ClN3O2S. The second-order valence-corrected chi connectivity index (χ2v) is 6.63. The fraction of sp³-hybridized carbons (Fsp3) is 0.222. The number of nitrogens with zero attached hydrogens (tertiary/aromatic N) is 3. The minimum absolute atomic E-state index is 0.316. The van der Waals surface area contributed by atoms with Gasteiger partial charge in [0.15, 0.2) is 22.5 Å². The summed E-state index contributed by atoms with van der Waals surface area (Å²) in [5.41, 5.74) is 1.07. The fourth-order valence-corrected chi connectivity index (χ4v) is 3.45. The number of ether oxygens (including phenoxy) is 2.